The van der Waals surface area contributed by atoms with E-state index in [1.807, 2.05) is 0 Å². The third-order valence-corrected chi connectivity index (χ3v) is 1.64. The molecule has 0 bridgehead atoms. The topological polar surface area (TPSA) is 92.4 Å². The molecular formula is C10H11F3N2O3. The van der Waals surface area contributed by atoms with E-state index in [1.54, 1.807) is 31.3 Å². The fraction of sp³-hybridized carbons (Fsp3) is 0.200. The highest BCUT2D eigenvalue weighted by Crippen LogP contribution is 2.13. The molecule has 0 aliphatic rings. The second kappa shape index (κ2) is 6.48. The average molecular weight is 264 g/mol. The fourth-order valence-corrected chi connectivity index (χ4v) is 0.779. The maximum atomic E-state index is 11.0. The number of benzene rings is 1. The number of nitrogen functional groups attached to an aromatic ring is 1. The number of halogens is 3. The van der Waals surface area contributed by atoms with Crippen LogP contribution in [-0.4, -0.2) is 30.2 Å². The van der Waals surface area contributed by atoms with Gasteiger partial charge in [0.05, 0.1) is 0 Å². The molecule has 0 aromatic heterocycles. The molecule has 0 spiro atoms. The van der Waals surface area contributed by atoms with Crippen molar-refractivity contribution in [3.63, 3.8) is 0 Å². The Morgan fingerprint density at radius 1 is 1.22 bits per heavy atom. The molecule has 0 heterocycles. The first-order valence-corrected chi connectivity index (χ1v) is 4.56. The van der Waals surface area contributed by atoms with Crippen molar-refractivity contribution >= 4 is 17.6 Å². The van der Waals surface area contributed by atoms with Gasteiger partial charge >= 0.3 is 12.1 Å². The van der Waals surface area contributed by atoms with Crippen LogP contribution in [0.4, 0.5) is 18.9 Å². The number of hydrogen-bond acceptors (Lipinski definition) is 3. The number of carbonyl (C=O) groups is 2. The van der Waals surface area contributed by atoms with E-state index in [9.17, 15) is 18.0 Å². The third-order valence-electron chi connectivity index (χ3n) is 1.64. The molecule has 0 aliphatic heterocycles. The SMILES string of the molecule is CNC(=O)c1ccc(N)cc1.O=C(O)C(F)(F)F. The summed E-state index contributed by atoms with van der Waals surface area (Å²) < 4.78 is 31.7. The highest BCUT2D eigenvalue weighted by molar-refractivity contribution is 5.94. The van der Waals surface area contributed by atoms with Gasteiger partial charge in [0.25, 0.3) is 5.91 Å². The van der Waals surface area contributed by atoms with E-state index in [4.69, 9.17) is 15.6 Å². The van der Waals surface area contributed by atoms with Crippen molar-refractivity contribution in [3.05, 3.63) is 29.8 Å². The zero-order valence-electron chi connectivity index (χ0n) is 9.28. The number of alkyl halides is 3. The number of rotatable bonds is 1. The molecule has 0 saturated carbocycles. The Balaban J connectivity index is 0.000000360. The smallest absolute Gasteiger partial charge is 0.475 e. The van der Waals surface area contributed by atoms with Crippen LogP contribution in [0.15, 0.2) is 24.3 Å². The van der Waals surface area contributed by atoms with E-state index in [-0.39, 0.29) is 5.91 Å². The monoisotopic (exact) mass is 264 g/mol. The average Bonchev–Trinajstić information content (AvgIpc) is 2.28. The summed E-state index contributed by atoms with van der Waals surface area (Å²) in [6.45, 7) is 0. The van der Waals surface area contributed by atoms with Crippen LogP contribution >= 0.6 is 0 Å². The molecule has 0 saturated heterocycles. The molecule has 1 aromatic carbocycles. The van der Waals surface area contributed by atoms with Crippen molar-refractivity contribution in [2.75, 3.05) is 12.8 Å². The predicted molar refractivity (Wildman–Crippen MR) is 57.9 cm³/mol. The lowest BCUT2D eigenvalue weighted by Crippen LogP contribution is -2.21. The van der Waals surface area contributed by atoms with Crippen LogP contribution in [0.1, 0.15) is 10.4 Å². The lowest BCUT2D eigenvalue weighted by Gasteiger charge is -1.98. The summed E-state index contributed by atoms with van der Waals surface area (Å²) in [4.78, 5) is 19.9. The minimum absolute atomic E-state index is 0.0926. The van der Waals surface area contributed by atoms with Crippen molar-refractivity contribution in [1.29, 1.82) is 0 Å². The second-order valence-corrected chi connectivity index (χ2v) is 3.00. The summed E-state index contributed by atoms with van der Waals surface area (Å²) in [5.41, 5.74) is 6.73. The van der Waals surface area contributed by atoms with Gasteiger partial charge < -0.3 is 16.2 Å². The Bertz CT molecular complexity index is 415. The van der Waals surface area contributed by atoms with Crippen molar-refractivity contribution in [1.82, 2.24) is 5.32 Å². The van der Waals surface area contributed by atoms with Crippen LogP contribution in [0.3, 0.4) is 0 Å². The van der Waals surface area contributed by atoms with Gasteiger partial charge in [0.2, 0.25) is 0 Å². The van der Waals surface area contributed by atoms with Crippen LogP contribution in [0.5, 0.6) is 0 Å². The lowest BCUT2D eigenvalue weighted by molar-refractivity contribution is -0.192. The van der Waals surface area contributed by atoms with Crippen molar-refractivity contribution < 1.29 is 27.9 Å². The zero-order chi connectivity index (χ0) is 14.3. The molecule has 0 radical (unpaired) electrons. The Morgan fingerprint density at radius 3 is 1.89 bits per heavy atom. The molecule has 1 amide bonds. The van der Waals surface area contributed by atoms with Gasteiger partial charge in [-0.25, -0.2) is 4.79 Å². The normalized spacial score (nSPS) is 10.0. The first-order chi connectivity index (χ1) is 8.18. The molecule has 1 rings (SSSR count). The standard InChI is InChI=1S/C8H10N2O.C2HF3O2/c1-10-8(11)6-2-4-7(9)5-3-6;3-2(4,5)1(6)7/h2-5H,9H2,1H3,(H,10,11);(H,6,7). The minimum Gasteiger partial charge on any atom is -0.475 e. The predicted octanol–water partition coefficient (Wildman–Crippen LogP) is 1.26. The highest BCUT2D eigenvalue weighted by atomic mass is 19.4. The lowest BCUT2D eigenvalue weighted by atomic mass is 10.2. The van der Waals surface area contributed by atoms with Gasteiger partial charge in [-0.3, -0.25) is 4.79 Å². The molecule has 0 unspecified atom stereocenters. The summed E-state index contributed by atoms with van der Waals surface area (Å²) in [5, 5.41) is 9.65. The van der Waals surface area contributed by atoms with E-state index >= 15 is 0 Å². The molecule has 5 nitrogen and oxygen atoms in total. The van der Waals surface area contributed by atoms with Gasteiger partial charge in [0, 0.05) is 18.3 Å². The third kappa shape index (κ3) is 5.73. The quantitative estimate of drug-likeness (QED) is 0.666. The van der Waals surface area contributed by atoms with E-state index in [2.05, 4.69) is 5.32 Å². The Morgan fingerprint density at radius 2 is 1.61 bits per heavy atom. The first kappa shape index (κ1) is 15.8. The number of anilines is 1. The van der Waals surface area contributed by atoms with Gasteiger partial charge in [0.15, 0.2) is 0 Å². The van der Waals surface area contributed by atoms with Gasteiger partial charge in [-0.2, -0.15) is 13.2 Å². The largest absolute Gasteiger partial charge is 0.490 e. The van der Waals surface area contributed by atoms with Crippen LogP contribution in [0, 0.1) is 0 Å². The Labute approximate surface area is 100 Å². The molecule has 1 aromatic rings. The summed E-state index contributed by atoms with van der Waals surface area (Å²) in [6, 6.07) is 6.78. The Kier molecular flexibility index (Phi) is 5.67. The van der Waals surface area contributed by atoms with Crippen LogP contribution in [0.2, 0.25) is 0 Å². The number of nitrogens with two attached hydrogens (primary N) is 1. The molecular weight excluding hydrogens is 253 g/mol. The van der Waals surface area contributed by atoms with Gasteiger partial charge in [-0.05, 0) is 24.3 Å². The van der Waals surface area contributed by atoms with E-state index in [0.717, 1.165) is 0 Å². The molecule has 100 valence electrons. The van der Waals surface area contributed by atoms with Crippen molar-refractivity contribution in [2.45, 2.75) is 6.18 Å². The van der Waals surface area contributed by atoms with Gasteiger partial charge in [-0.1, -0.05) is 0 Å². The molecule has 0 fully saturated rings. The number of carboxylic acid groups (broad SMARTS) is 1. The summed E-state index contributed by atoms with van der Waals surface area (Å²) >= 11 is 0. The number of hydrogen-bond donors (Lipinski definition) is 3. The van der Waals surface area contributed by atoms with E-state index < -0.39 is 12.1 Å². The Hall–Kier alpha value is -2.25. The van der Waals surface area contributed by atoms with E-state index in [1.165, 1.54) is 0 Å². The number of carbonyl (C=O) groups excluding carboxylic acids is 1. The fourth-order valence-electron chi connectivity index (χ4n) is 0.779. The highest BCUT2D eigenvalue weighted by Gasteiger charge is 2.38. The number of amides is 1. The van der Waals surface area contributed by atoms with Crippen LogP contribution in [-0.2, 0) is 4.79 Å². The second-order valence-electron chi connectivity index (χ2n) is 3.00. The van der Waals surface area contributed by atoms with E-state index in [0.29, 0.717) is 11.3 Å². The van der Waals surface area contributed by atoms with Crippen molar-refractivity contribution in [3.8, 4) is 0 Å². The summed E-state index contributed by atoms with van der Waals surface area (Å²) in [6.07, 6.45) is -5.08. The maximum Gasteiger partial charge on any atom is 0.490 e. The van der Waals surface area contributed by atoms with Crippen LogP contribution in [0.25, 0.3) is 0 Å². The first-order valence-electron chi connectivity index (χ1n) is 4.56. The molecule has 4 N–H and O–H groups in total. The molecule has 0 atom stereocenters. The summed E-state index contributed by atoms with van der Waals surface area (Å²) in [5.74, 6) is -2.85. The minimum atomic E-state index is -5.08. The van der Waals surface area contributed by atoms with Crippen molar-refractivity contribution in [2.24, 2.45) is 0 Å². The molecule has 0 aliphatic carbocycles. The molecule has 18 heavy (non-hydrogen) atoms. The molecule has 8 heteroatoms. The number of aliphatic carboxylic acids is 1. The summed E-state index contributed by atoms with van der Waals surface area (Å²) in [7, 11) is 1.60. The number of nitrogens with one attached hydrogen (secondary N) is 1. The van der Waals surface area contributed by atoms with Crippen LogP contribution < -0.4 is 11.1 Å². The van der Waals surface area contributed by atoms with Gasteiger partial charge in [-0.15, -0.1) is 0 Å². The maximum absolute atomic E-state index is 11.0. The van der Waals surface area contributed by atoms with Gasteiger partial charge in [0.1, 0.15) is 0 Å². The number of carboxylic acids is 1. The zero-order valence-corrected chi connectivity index (χ0v) is 9.28.